The van der Waals surface area contributed by atoms with Crippen molar-refractivity contribution in [2.24, 2.45) is 0 Å². The van der Waals surface area contributed by atoms with Crippen molar-refractivity contribution in [2.75, 3.05) is 18.4 Å². The van der Waals surface area contributed by atoms with Crippen LogP contribution in [0.15, 0.2) is 42.5 Å². The minimum Gasteiger partial charge on any atom is -0.465 e. The first-order valence-corrected chi connectivity index (χ1v) is 10.9. The first-order valence-electron chi connectivity index (χ1n) is 10.9. The van der Waals surface area contributed by atoms with Crippen LogP contribution in [0.5, 0.6) is 0 Å². The van der Waals surface area contributed by atoms with E-state index in [0.29, 0.717) is 30.9 Å². The molecule has 0 spiro atoms. The second-order valence-electron chi connectivity index (χ2n) is 8.49. The first-order chi connectivity index (χ1) is 16.1. The van der Waals surface area contributed by atoms with Gasteiger partial charge in [-0.25, -0.2) is 4.79 Å². The molecule has 4 rings (SSSR count). The molecular weight excluding hydrogens is 445 g/mol. The summed E-state index contributed by atoms with van der Waals surface area (Å²) in [6.07, 6.45) is -2.86. The van der Waals surface area contributed by atoms with E-state index in [1.165, 1.54) is 17.9 Å². The number of carbonyl (C=O) groups is 1. The molecular formula is C25H25F3N4O2. The fraction of sp³-hybridized carbons (Fsp3) is 0.320. The number of aromatic nitrogens is 2. The van der Waals surface area contributed by atoms with E-state index in [2.05, 4.69) is 15.5 Å². The number of rotatable bonds is 4. The third-order valence-corrected chi connectivity index (χ3v) is 6.32. The standard InChI is InChI=1S/C25H25F3N4O2/c1-14-19(5-4-6-22(14)25(26,27)28)15(2)29-23-21-13-18(7-8-20(21)16(3)30-31-23)17-9-11-32(12-10-17)24(33)34/h4-9,13,15H,10-12H2,1-3H3,(H,29,31)(H,33,34). The van der Waals surface area contributed by atoms with Gasteiger partial charge in [0.05, 0.1) is 17.3 Å². The van der Waals surface area contributed by atoms with Gasteiger partial charge in [-0.3, -0.25) is 0 Å². The molecule has 0 fully saturated rings. The number of alkyl halides is 3. The van der Waals surface area contributed by atoms with Crippen LogP contribution >= 0.6 is 0 Å². The molecule has 6 nitrogen and oxygen atoms in total. The lowest BCUT2D eigenvalue weighted by Crippen LogP contribution is -2.33. The number of hydrogen-bond donors (Lipinski definition) is 2. The SMILES string of the molecule is Cc1c(C(C)Nc2nnc(C)c3ccc(C4=CCN(C(=O)O)CC4)cc23)cccc1C(F)(F)F. The van der Waals surface area contributed by atoms with E-state index in [1.807, 2.05) is 31.2 Å². The Labute approximate surface area is 195 Å². The average Bonchev–Trinajstić information content (AvgIpc) is 2.80. The topological polar surface area (TPSA) is 78.4 Å². The van der Waals surface area contributed by atoms with Crippen molar-refractivity contribution in [2.45, 2.75) is 39.4 Å². The number of fused-ring (bicyclic) bond motifs is 1. The second kappa shape index (κ2) is 8.96. The number of benzene rings is 2. The fourth-order valence-electron chi connectivity index (χ4n) is 4.41. The molecule has 0 saturated heterocycles. The Kier molecular flexibility index (Phi) is 6.20. The van der Waals surface area contributed by atoms with Gasteiger partial charge in [0.15, 0.2) is 5.82 Å². The highest BCUT2D eigenvalue weighted by molar-refractivity contribution is 5.95. The molecule has 0 saturated carbocycles. The minimum atomic E-state index is -4.42. The van der Waals surface area contributed by atoms with E-state index in [9.17, 15) is 23.1 Å². The molecule has 2 aromatic carbocycles. The number of anilines is 1. The first kappa shape index (κ1) is 23.5. The highest BCUT2D eigenvalue weighted by Gasteiger charge is 2.33. The third kappa shape index (κ3) is 4.55. The Balaban J connectivity index is 1.69. The normalized spacial score (nSPS) is 15.2. The average molecular weight is 470 g/mol. The highest BCUT2D eigenvalue weighted by Crippen LogP contribution is 2.36. The van der Waals surface area contributed by atoms with E-state index in [-0.39, 0.29) is 5.56 Å². The van der Waals surface area contributed by atoms with Crippen molar-refractivity contribution in [1.29, 1.82) is 0 Å². The van der Waals surface area contributed by atoms with E-state index >= 15 is 0 Å². The molecule has 2 heterocycles. The Hall–Kier alpha value is -3.62. The summed E-state index contributed by atoms with van der Waals surface area (Å²) >= 11 is 0. The van der Waals surface area contributed by atoms with E-state index in [4.69, 9.17) is 0 Å². The molecule has 1 aliphatic heterocycles. The predicted molar refractivity (Wildman–Crippen MR) is 125 cm³/mol. The summed E-state index contributed by atoms with van der Waals surface area (Å²) in [5.41, 5.74) is 2.79. The van der Waals surface area contributed by atoms with Crippen molar-refractivity contribution in [3.8, 4) is 0 Å². The molecule has 1 aliphatic rings. The van der Waals surface area contributed by atoms with Crippen LogP contribution in [0.3, 0.4) is 0 Å². The maximum Gasteiger partial charge on any atom is 0.416 e. The van der Waals surface area contributed by atoms with Gasteiger partial charge in [-0.05, 0) is 61.6 Å². The number of aryl methyl sites for hydroxylation is 1. The van der Waals surface area contributed by atoms with Crippen molar-refractivity contribution < 1.29 is 23.1 Å². The lowest BCUT2D eigenvalue weighted by molar-refractivity contribution is -0.138. The van der Waals surface area contributed by atoms with Gasteiger partial charge in [0, 0.05) is 23.9 Å². The summed E-state index contributed by atoms with van der Waals surface area (Å²) < 4.78 is 40.1. The second-order valence-corrected chi connectivity index (χ2v) is 8.49. The lowest BCUT2D eigenvalue weighted by atomic mass is 9.96. The molecule has 0 aliphatic carbocycles. The Bertz CT molecular complexity index is 1290. The maximum atomic E-state index is 13.4. The van der Waals surface area contributed by atoms with Crippen molar-refractivity contribution in [3.63, 3.8) is 0 Å². The van der Waals surface area contributed by atoms with Crippen LogP contribution in [0.25, 0.3) is 16.3 Å². The summed E-state index contributed by atoms with van der Waals surface area (Å²) in [4.78, 5) is 12.5. The van der Waals surface area contributed by atoms with Gasteiger partial charge in [0.1, 0.15) is 0 Å². The Morgan fingerprint density at radius 2 is 1.91 bits per heavy atom. The predicted octanol–water partition coefficient (Wildman–Crippen LogP) is 6.21. The zero-order chi connectivity index (χ0) is 24.6. The van der Waals surface area contributed by atoms with Gasteiger partial charge in [0.2, 0.25) is 0 Å². The number of nitrogens with one attached hydrogen (secondary N) is 1. The van der Waals surface area contributed by atoms with Gasteiger partial charge < -0.3 is 15.3 Å². The molecule has 178 valence electrons. The minimum absolute atomic E-state index is 0.176. The van der Waals surface area contributed by atoms with Gasteiger partial charge in [-0.2, -0.15) is 18.3 Å². The molecule has 1 aromatic heterocycles. The zero-order valence-electron chi connectivity index (χ0n) is 19.1. The fourth-order valence-corrected chi connectivity index (χ4v) is 4.41. The Morgan fingerprint density at radius 3 is 2.56 bits per heavy atom. The highest BCUT2D eigenvalue weighted by atomic mass is 19.4. The maximum absolute atomic E-state index is 13.4. The van der Waals surface area contributed by atoms with Crippen LogP contribution in [0, 0.1) is 13.8 Å². The van der Waals surface area contributed by atoms with Crippen LogP contribution in [0.1, 0.15) is 47.3 Å². The third-order valence-electron chi connectivity index (χ3n) is 6.32. The molecule has 1 atom stereocenters. The van der Waals surface area contributed by atoms with E-state index < -0.39 is 23.9 Å². The smallest absolute Gasteiger partial charge is 0.416 e. The molecule has 34 heavy (non-hydrogen) atoms. The molecule has 1 amide bonds. The van der Waals surface area contributed by atoms with Crippen molar-refractivity contribution in [3.05, 3.63) is 70.4 Å². The molecule has 9 heteroatoms. The zero-order valence-corrected chi connectivity index (χ0v) is 19.1. The number of hydrogen-bond acceptors (Lipinski definition) is 4. The molecule has 0 radical (unpaired) electrons. The van der Waals surface area contributed by atoms with Crippen LogP contribution in [-0.2, 0) is 6.18 Å². The van der Waals surface area contributed by atoms with Crippen LogP contribution in [0.2, 0.25) is 0 Å². The largest absolute Gasteiger partial charge is 0.465 e. The van der Waals surface area contributed by atoms with Gasteiger partial charge >= 0.3 is 12.3 Å². The van der Waals surface area contributed by atoms with Crippen LogP contribution < -0.4 is 5.32 Å². The molecule has 2 N–H and O–H groups in total. The summed E-state index contributed by atoms with van der Waals surface area (Å²) in [6.45, 7) is 5.87. The van der Waals surface area contributed by atoms with Gasteiger partial charge in [-0.1, -0.05) is 30.3 Å². The van der Waals surface area contributed by atoms with Crippen molar-refractivity contribution in [1.82, 2.24) is 15.1 Å². The van der Waals surface area contributed by atoms with Crippen LogP contribution in [0.4, 0.5) is 23.8 Å². The lowest BCUT2D eigenvalue weighted by Gasteiger charge is -2.24. The molecule has 1 unspecified atom stereocenters. The van der Waals surface area contributed by atoms with E-state index in [1.54, 1.807) is 13.0 Å². The summed E-state index contributed by atoms with van der Waals surface area (Å²) in [5, 5.41) is 22.7. The number of amides is 1. The van der Waals surface area contributed by atoms with Gasteiger partial charge in [0.25, 0.3) is 0 Å². The van der Waals surface area contributed by atoms with E-state index in [0.717, 1.165) is 33.7 Å². The molecule has 3 aromatic rings. The summed E-state index contributed by atoms with van der Waals surface area (Å²) in [6, 6.07) is 9.64. The van der Waals surface area contributed by atoms with Crippen LogP contribution in [-0.4, -0.2) is 39.4 Å². The van der Waals surface area contributed by atoms with Gasteiger partial charge in [-0.15, -0.1) is 5.10 Å². The monoisotopic (exact) mass is 470 g/mol. The molecule has 0 bridgehead atoms. The summed E-state index contributed by atoms with van der Waals surface area (Å²) in [7, 11) is 0. The summed E-state index contributed by atoms with van der Waals surface area (Å²) in [5.74, 6) is 0.482. The number of halogens is 3. The number of nitrogens with zero attached hydrogens (tertiary/aromatic N) is 3. The Morgan fingerprint density at radius 1 is 1.15 bits per heavy atom. The quantitative estimate of drug-likeness (QED) is 0.474. The number of carboxylic acid groups (broad SMARTS) is 1. The van der Waals surface area contributed by atoms with Crippen molar-refractivity contribution >= 4 is 28.3 Å².